The van der Waals surface area contributed by atoms with Crippen molar-refractivity contribution < 1.29 is 14.3 Å². The Labute approximate surface area is 227 Å². The third-order valence-electron chi connectivity index (χ3n) is 6.88. The van der Waals surface area contributed by atoms with E-state index in [2.05, 4.69) is 25.4 Å². The average Bonchev–Trinajstić information content (AvgIpc) is 3.74. The minimum absolute atomic E-state index is 0.0495. The first-order valence-corrected chi connectivity index (χ1v) is 13.5. The van der Waals surface area contributed by atoms with Crippen LogP contribution in [-0.2, 0) is 11.3 Å². The van der Waals surface area contributed by atoms with E-state index in [-0.39, 0.29) is 29.9 Å². The summed E-state index contributed by atoms with van der Waals surface area (Å²) < 4.78 is 7.11. The average molecular weight is 534 g/mol. The van der Waals surface area contributed by atoms with Crippen LogP contribution in [0.15, 0.2) is 47.4 Å². The largest absolute Gasteiger partial charge is 0.444 e. The predicted molar refractivity (Wildman–Crippen MR) is 146 cm³/mol. The smallest absolute Gasteiger partial charge is 0.410 e. The number of pyridine rings is 1. The van der Waals surface area contributed by atoms with Crippen molar-refractivity contribution in [3.05, 3.63) is 64.3 Å². The number of rotatable bonds is 7. The fourth-order valence-corrected chi connectivity index (χ4v) is 4.74. The molecule has 2 aliphatic rings. The Morgan fingerprint density at radius 2 is 1.95 bits per heavy atom. The molecule has 1 atom stereocenters. The fourth-order valence-electron chi connectivity index (χ4n) is 4.74. The zero-order valence-corrected chi connectivity index (χ0v) is 22.7. The highest BCUT2D eigenvalue weighted by atomic mass is 16.6. The Morgan fingerprint density at radius 1 is 1.13 bits per heavy atom. The number of hydrogen-bond donors (Lipinski definition) is 1. The van der Waals surface area contributed by atoms with Crippen LogP contribution < -0.4 is 15.8 Å². The van der Waals surface area contributed by atoms with E-state index in [0.29, 0.717) is 23.8 Å². The molecule has 3 aromatic rings. The van der Waals surface area contributed by atoms with Gasteiger partial charge in [0, 0.05) is 31.9 Å². The second-order valence-corrected chi connectivity index (χ2v) is 11.3. The van der Waals surface area contributed by atoms with Gasteiger partial charge in [-0.1, -0.05) is 6.07 Å². The van der Waals surface area contributed by atoms with Gasteiger partial charge >= 0.3 is 6.09 Å². The van der Waals surface area contributed by atoms with Gasteiger partial charge in [0.25, 0.3) is 11.5 Å². The monoisotopic (exact) mass is 533 g/mol. The lowest BCUT2D eigenvalue weighted by Gasteiger charge is -2.40. The van der Waals surface area contributed by atoms with Crippen LogP contribution in [0.2, 0.25) is 0 Å². The zero-order chi connectivity index (χ0) is 27.6. The lowest BCUT2D eigenvalue weighted by atomic mass is 10.0. The molecule has 1 saturated carbocycles. The van der Waals surface area contributed by atoms with Gasteiger partial charge in [0.05, 0.1) is 18.3 Å². The Balaban J connectivity index is 1.20. The number of anilines is 1. The summed E-state index contributed by atoms with van der Waals surface area (Å²) in [5, 5.41) is 11.5. The molecule has 206 valence electrons. The molecule has 3 aromatic heterocycles. The molecule has 2 amide bonds. The van der Waals surface area contributed by atoms with E-state index in [1.165, 1.54) is 10.5 Å². The van der Waals surface area contributed by atoms with Crippen molar-refractivity contribution in [2.45, 2.75) is 64.6 Å². The quantitative estimate of drug-likeness (QED) is 0.492. The molecule has 0 unspecified atom stereocenters. The van der Waals surface area contributed by atoms with Crippen molar-refractivity contribution >= 4 is 23.5 Å². The number of carbonyl (C=O) groups excluding carboxylic acids is 2. The summed E-state index contributed by atoms with van der Waals surface area (Å²) in [4.78, 5) is 46.3. The molecule has 1 aliphatic heterocycles. The Morgan fingerprint density at radius 3 is 2.67 bits per heavy atom. The van der Waals surface area contributed by atoms with Crippen molar-refractivity contribution in [2.24, 2.45) is 5.92 Å². The summed E-state index contributed by atoms with van der Waals surface area (Å²) in [6.45, 7) is 8.06. The minimum atomic E-state index is -0.537. The summed E-state index contributed by atoms with van der Waals surface area (Å²) in [6.07, 6.45) is 5.54. The van der Waals surface area contributed by atoms with Crippen LogP contribution in [0.25, 0.3) is 5.65 Å². The number of aromatic nitrogens is 4. The SMILES string of the molecule is CC(C)(C)OC(=O)N(CC1CC1)[C@@H]1CCCN(c2ccc(CNC(=O)c3cc(=O)n4ccccc4n3)nn2)C1. The second-order valence-electron chi connectivity index (χ2n) is 11.3. The van der Waals surface area contributed by atoms with Crippen LogP contribution in [-0.4, -0.2) is 67.8 Å². The number of amides is 2. The summed E-state index contributed by atoms with van der Waals surface area (Å²) in [5.74, 6) is 0.835. The van der Waals surface area contributed by atoms with Gasteiger partial charge in [-0.2, -0.15) is 5.10 Å². The van der Waals surface area contributed by atoms with Crippen LogP contribution in [0.4, 0.5) is 10.6 Å². The topological polar surface area (TPSA) is 122 Å². The first kappa shape index (κ1) is 26.6. The molecule has 11 nitrogen and oxygen atoms in total. The third-order valence-corrected chi connectivity index (χ3v) is 6.88. The van der Waals surface area contributed by atoms with E-state index in [4.69, 9.17) is 4.74 Å². The van der Waals surface area contributed by atoms with Gasteiger partial charge in [0.2, 0.25) is 0 Å². The fraction of sp³-hybridized carbons (Fsp3) is 0.500. The van der Waals surface area contributed by atoms with Crippen molar-refractivity contribution in [3.63, 3.8) is 0 Å². The number of nitrogens with zero attached hydrogens (tertiary/aromatic N) is 6. The maximum Gasteiger partial charge on any atom is 0.410 e. The Kier molecular flexibility index (Phi) is 7.49. The molecular weight excluding hydrogens is 498 g/mol. The number of ether oxygens (including phenoxy) is 1. The number of piperidine rings is 1. The highest BCUT2D eigenvalue weighted by molar-refractivity contribution is 5.92. The van der Waals surface area contributed by atoms with Crippen molar-refractivity contribution in [3.8, 4) is 0 Å². The van der Waals surface area contributed by atoms with E-state index in [0.717, 1.165) is 44.6 Å². The van der Waals surface area contributed by atoms with Crippen molar-refractivity contribution in [2.75, 3.05) is 24.5 Å². The molecule has 39 heavy (non-hydrogen) atoms. The highest BCUT2D eigenvalue weighted by Crippen LogP contribution is 2.32. The first-order chi connectivity index (χ1) is 18.7. The minimum Gasteiger partial charge on any atom is -0.444 e. The number of carbonyl (C=O) groups is 2. The molecule has 0 spiro atoms. The van der Waals surface area contributed by atoms with Gasteiger partial charge in [0.1, 0.15) is 16.9 Å². The zero-order valence-electron chi connectivity index (χ0n) is 22.7. The number of fused-ring (bicyclic) bond motifs is 1. The van der Waals surface area contributed by atoms with Gasteiger partial charge in [-0.15, -0.1) is 5.10 Å². The number of nitrogens with one attached hydrogen (secondary N) is 1. The summed E-state index contributed by atoms with van der Waals surface area (Å²) >= 11 is 0. The van der Waals surface area contributed by atoms with E-state index in [9.17, 15) is 14.4 Å². The Bertz CT molecular complexity index is 1400. The van der Waals surface area contributed by atoms with Gasteiger partial charge in [0.15, 0.2) is 5.82 Å². The van der Waals surface area contributed by atoms with Crippen LogP contribution in [0.1, 0.15) is 62.6 Å². The van der Waals surface area contributed by atoms with E-state index in [1.54, 1.807) is 24.4 Å². The number of hydrogen-bond acceptors (Lipinski definition) is 8. The van der Waals surface area contributed by atoms with E-state index >= 15 is 0 Å². The molecule has 11 heteroatoms. The normalized spacial score (nSPS) is 17.6. The van der Waals surface area contributed by atoms with Crippen LogP contribution in [0.5, 0.6) is 0 Å². The molecular formula is C28H35N7O4. The summed E-state index contributed by atoms with van der Waals surface area (Å²) in [7, 11) is 0. The molecule has 1 aliphatic carbocycles. The highest BCUT2D eigenvalue weighted by Gasteiger charge is 2.36. The third kappa shape index (κ3) is 6.71. The predicted octanol–water partition coefficient (Wildman–Crippen LogP) is 3.03. The molecule has 5 rings (SSSR count). The van der Waals surface area contributed by atoms with Gasteiger partial charge in [-0.25, -0.2) is 9.78 Å². The maximum atomic E-state index is 13.0. The Hall–Kier alpha value is -4.02. The van der Waals surface area contributed by atoms with Crippen LogP contribution >= 0.6 is 0 Å². The molecule has 1 saturated heterocycles. The van der Waals surface area contributed by atoms with Crippen molar-refractivity contribution in [1.29, 1.82) is 0 Å². The second kappa shape index (κ2) is 11.0. The standard InChI is InChI=1S/C28H35N7O4/c1-28(2,3)39-27(38)35(17-19-9-10-19)21-7-6-13-33(18-21)24-12-11-20(31-32-24)16-29-26(37)22-15-25(36)34-14-5-4-8-23(34)30-22/h4-5,8,11-12,14-15,19,21H,6-7,9-10,13,16-18H2,1-3H3,(H,29,37)/t21-/m1/s1. The van der Waals surface area contributed by atoms with E-state index < -0.39 is 11.5 Å². The van der Waals surface area contributed by atoms with Gasteiger partial charge in [-0.3, -0.25) is 14.0 Å². The maximum absolute atomic E-state index is 13.0. The van der Waals surface area contributed by atoms with Crippen LogP contribution in [0, 0.1) is 5.92 Å². The molecule has 0 bridgehead atoms. The van der Waals surface area contributed by atoms with Crippen molar-refractivity contribution in [1.82, 2.24) is 29.8 Å². The molecule has 2 fully saturated rings. The van der Waals surface area contributed by atoms with Gasteiger partial charge in [-0.05, 0) is 76.6 Å². The first-order valence-electron chi connectivity index (χ1n) is 13.5. The van der Waals surface area contributed by atoms with Gasteiger partial charge < -0.3 is 19.9 Å². The summed E-state index contributed by atoms with van der Waals surface area (Å²) in [6, 6.07) is 10.1. The molecule has 0 aromatic carbocycles. The molecule has 1 N–H and O–H groups in total. The lowest BCUT2D eigenvalue weighted by Crippen LogP contribution is -2.52. The molecule has 0 radical (unpaired) electrons. The van der Waals surface area contributed by atoms with E-state index in [1.807, 2.05) is 37.8 Å². The lowest BCUT2D eigenvalue weighted by molar-refractivity contribution is 0.0134. The summed E-state index contributed by atoms with van der Waals surface area (Å²) in [5.41, 5.74) is 0.182. The molecule has 4 heterocycles. The van der Waals surface area contributed by atoms with Crippen LogP contribution in [0.3, 0.4) is 0 Å².